The normalized spacial score (nSPS) is 10.8. The Labute approximate surface area is 114 Å². The maximum Gasteiger partial charge on any atom is 0.339 e. The Bertz CT molecular complexity index is 784. The van der Waals surface area contributed by atoms with Crippen molar-refractivity contribution in [3.8, 4) is 0 Å². The van der Waals surface area contributed by atoms with E-state index in [9.17, 15) is 14.4 Å². The third kappa shape index (κ3) is 2.64. The van der Waals surface area contributed by atoms with Gasteiger partial charge in [0.25, 0.3) is 5.56 Å². The SMILES string of the molecule is CC(=O)OCCc1c(C)c2c(=O)[nH]c(C)cc2oc1=O. The fourth-order valence-electron chi connectivity index (χ4n) is 2.15. The summed E-state index contributed by atoms with van der Waals surface area (Å²) in [6, 6.07) is 1.61. The predicted molar refractivity (Wildman–Crippen MR) is 72.9 cm³/mol. The summed E-state index contributed by atoms with van der Waals surface area (Å²) in [5, 5.41) is 0.355. The van der Waals surface area contributed by atoms with Crippen LogP contribution in [0.5, 0.6) is 0 Å². The third-order valence-electron chi connectivity index (χ3n) is 3.07. The molecule has 0 aromatic carbocycles. The van der Waals surface area contributed by atoms with Gasteiger partial charge in [-0.3, -0.25) is 9.59 Å². The lowest BCUT2D eigenvalue weighted by Crippen LogP contribution is -2.18. The lowest BCUT2D eigenvalue weighted by atomic mass is 10.0. The van der Waals surface area contributed by atoms with Crippen molar-refractivity contribution in [2.75, 3.05) is 6.61 Å². The van der Waals surface area contributed by atoms with Crippen LogP contribution in [0.1, 0.15) is 23.7 Å². The van der Waals surface area contributed by atoms with Gasteiger partial charge in [0, 0.05) is 30.7 Å². The van der Waals surface area contributed by atoms with Crippen LogP contribution >= 0.6 is 0 Å². The highest BCUT2D eigenvalue weighted by atomic mass is 16.5. The summed E-state index contributed by atoms with van der Waals surface area (Å²) in [5.74, 6) is -0.415. The Hall–Kier alpha value is -2.37. The average Bonchev–Trinajstić information content (AvgIpc) is 2.31. The van der Waals surface area contributed by atoms with Crippen LogP contribution in [-0.4, -0.2) is 17.6 Å². The molecule has 6 nitrogen and oxygen atoms in total. The summed E-state index contributed by atoms with van der Waals surface area (Å²) in [7, 11) is 0. The van der Waals surface area contributed by atoms with Gasteiger partial charge in [0.1, 0.15) is 5.58 Å². The molecule has 0 fully saturated rings. The van der Waals surface area contributed by atoms with Crippen molar-refractivity contribution in [3.05, 3.63) is 43.7 Å². The minimum absolute atomic E-state index is 0.0796. The summed E-state index contributed by atoms with van der Waals surface area (Å²) in [4.78, 5) is 37.3. The van der Waals surface area contributed by atoms with Crippen LogP contribution in [0.4, 0.5) is 0 Å². The van der Waals surface area contributed by atoms with Gasteiger partial charge >= 0.3 is 11.6 Å². The van der Waals surface area contributed by atoms with E-state index in [2.05, 4.69) is 4.98 Å². The molecule has 0 bridgehead atoms. The highest BCUT2D eigenvalue weighted by Crippen LogP contribution is 2.16. The van der Waals surface area contributed by atoms with E-state index in [1.165, 1.54) is 6.92 Å². The second-order valence-electron chi connectivity index (χ2n) is 4.60. The van der Waals surface area contributed by atoms with Gasteiger partial charge in [-0.1, -0.05) is 0 Å². The smallest absolute Gasteiger partial charge is 0.339 e. The minimum atomic E-state index is -0.507. The molecule has 20 heavy (non-hydrogen) atoms. The molecule has 0 atom stereocenters. The van der Waals surface area contributed by atoms with Crippen molar-refractivity contribution < 1.29 is 13.9 Å². The topological polar surface area (TPSA) is 89.4 Å². The number of aromatic nitrogens is 1. The van der Waals surface area contributed by atoms with Crippen LogP contribution in [0.2, 0.25) is 0 Å². The second-order valence-corrected chi connectivity index (χ2v) is 4.60. The number of aromatic amines is 1. The van der Waals surface area contributed by atoms with Crippen molar-refractivity contribution >= 4 is 16.9 Å². The summed E-state index contributed by atoms with van der Waals surface area (Å²) < 4.78 is 9.99. The maximum atomic E-state index is 12.0. The van der Waals surface area contributed by atoms with Gasteiger partial charge in [0.15, 0.2) is 0 Å². The number of esters is 1. The van der Waals surface area contributed by atoms with E-state index in [-0.39, 0.29) is 24.2 Å². The molecule has 6 heteroatoms. The fourth-order valence-corrected chi connectivity index (χ4v) is 2.15. The van der Waals surface area contributed by atoms with Gasteiger partial charge in [-0.25, -0.2) is 4.79 Å². The Kier molecular flexibility index (Phi) is 3.74. The molecule has 0 saturated heterocycles. The number of fused-ring (bicyclic) bond motifs is 1. The molecular formula is C14H15NO5. The Morgan fingerprint density at radius 3 is 2.70 bits per heavy atom. The Morgan fingerprint density at radius 1 is 1.35 bits per heavy atom. The van der Waals surface area contributed by atoms with Crippen molar-refractivity contribution in [2.24, 2.45) is 0 Å². The maximum absolute atomic E-state index is 12.0. The predicted octanol–water partition coefficient (Wildman–Crippen LogP) is 1.20. The van der Waals surface area contributed by atoms with Gasteiger partial charge in [-0.05, 0) is 19.4 Å². The molecule has 106 valence electrons. The molecule has 2 aromatic heterocycles. The zero-order valence-electron chi connectivity index (χ0n) is 11.5. The molecule has 2 aromatic rings. The molecule has 0 aliphatic rings. The molecule has 0 spiro atoms. The third-order valence-corrected chi connectivity index (χ3v) is 3.07. The first-order valence-electron chi connectivity index (χ1n) is 6.19. The van der Waals surface area contributed by atoms with E-state index < -0.39 is 11.6 Å². The number of rotatable bonds is 3. The van der Waals surface area contributed by atoms with Gasteiger partial charge in [-0.15, -0.1) is 0 Å². The molecule has 0 aliphatic heterocycles. The number of hydrogen-bond acceptors (Lipinski definition) is 5. The lowest BCUT2D eigenvalue weighted by molar-refractivity contribution is -0.140. The number of nitrogens with one attached hydrogen (secondary N) is 1. The van der Waals surface area contributed by atoms with Crippen molar-refractivity contribution in [1.82, 2.24) is 4.98 Å². The molecule has 0 saturated carbocycles. The highest BCUT2D eigenvalue weighted by molar-refractivity contribution is 5.80. The van der Waals surface area contributed by atoms with Crippen LogP contribution in [0.15, 0.2) is 20.1 Å². The van der Waals surface area contributed by atoms with Crippen LogP contribution in [0, 0.1) is 13.8 Å². The number of ether oxygens (including phenoxy) is 1. The first-order chi connectivity index (χ1) is 9.40. The van der Waals surface area contributed by atoms with E-state index in [0.717, 1.165) is 0 Å². The molecule has 0 radical (unpaired) electrons. The molecule has 1 N–H and O–H groups in total. The highest BCUT2D eigenvalue weighted by Gasteiger charge is 2.14. The van der Waals surface area contributed by atoms with E-state index in [0.29, 0.717) is 22.2 Å². The first kappa shape index (κ1) is 14.0. The summed E-state index contributed by atoms with van der Waals surface area (Å²) in [6.07, 6.45) is 0.219. The molecule has 0 aliphatic carbocycles. The Morgan fingerprint density at radius 2 is 2.05 bits per heavy atom. The van der Waals surface area contributed by atoms with Crippen LogP contribution in [-0.2, 0) is 16.0 Å². The van der Waals surface area contributed by atoms with Crippen LogP contribution in [0.3, 0.4) is 0 Å². The first-order valence-corrected chi connectivity index (χ1v) is 6.19. The summed E-state index contributed by atoms with van der Waals surface area (Å²) >= 11 is 0. The zero-order chi connectivity index (χ0) is 14.9. The Balaban J connectivity index is 2.54. The largest absolute Gasteiger partial charge is 0.466 e. The van der Waals surface area contributed by atoms with Crippen LogP contribution < -0.4 is 11.2 Å². The van der Waals surface area contributed by atoms with Gasteiger partial charge in [0.2, 0.25) is 0 Å². The zero-order valence-corrected chi connectivity index (χ0v) is 11.5. The molecular weight excluding hydrogens is 262 g/mol. The molecule has 2 heterocycles. The van der Waals surface area contributed by atoms with E-state index in [4.69, 9.17) is 9.15 Å². The van der Waals surface area contributed by atoms with Gasteiger partial charge in [-0.2, -0.15) is 0 Å². The van der Waals surface area contributed by atoms with Crippen molar-refractivity contribution in [3.63, 3.8) is 0 Å². The quantitative estimate of drug-likeness (QED) is 0.851. The molecule has 2 rings (SSSR count). The number of aryl methyl sites for hydroxylation is 2. The number of pyridine rings is 1. The lowest BCUT2D eigenvalue weighted by Gasteiger charge is -2.07. The monoisotopic (exact) mass is 277 g/mol. The fraction of sp³-hybridized carbons (Fsp3) is 0.357. The van der Waals surface area contributed by atoms with Gasteiger partial charge in [0.05, 0.1) is 12.0 Å². The van der Waals surface area contributed by atoms with Crippen molar-refractivity contribution in [2.45, 2.75) is 27.2 Å². The van der Waals surface area contributed by atoms with Crippen LogP contribution in [0.25, 0.3) is 11.0 Å². The summed E-state index contributed by atoms with van der Waals surface area (Å²) in [6.45, 7) is 4.77. The van der Waals surface area contributed by atoms with Crippen molar-refractivity contribution in [1.29, 1.82) is 0 Å². The number of carbonyl (C=O) groups is 1. The molecule has 0 amide bonds. The van der Waals surface area contributed by atoms with Gasteiger partial charge < -0.3 is 14.1 Å². The standard InChI is InChI=1S/C14H15NO5/c1-7-6-11-12(13(17)15-7)8(2)10(14(18)20-11)4-5-19-9(3)16/h6H,4-5H2,1-3H3,(H,15,17). The second kappa shape index (κ2) is 5.32. The number of hydrogen-bond donors (Lipinski definition) is 1. The number of H-pyrrole nitrogens is 1. The average molecular weight is 277 g/mol. The minimum Gasteiger partial charge on any atom is -0.466 e. The molecule has 0 unspecified atom stereocenters. The van der Waals surface area contributed by atoms with E-state index in [1.807, 2.05) is 0 Å². The summed E-state index contributed by atoms with van der Waals surface area (Å²) in [5.41, 5.74) is 1.00. The number of carbonyl (C=O) groups excluding carboxylic acids is 1. The van der Waals surface area contributed by atoms with E-state index in [1.54, 1.807) is 19.9 Å². The van der Waals surface area contributed by atoms with E-state index >= 15 is 0 Å².